The van der Waals surface area contributed by atoms with Crippen molar-refractivity contribution in [3.05, 3.63) is 34.9 Å². The van der Waals surface area contributed by atoms with Gasteiger partial charge in [0.25, 0.3) is 5.91 Å². The summed E-state index contributed by atoms with van der Waals surface area (Å²) in [6, 6.07) is 6.46. The zero-order chi connectivity index (χ0) is 20.1. The Morgan fingerprint density at radius 2 is 1.61 bits per heavy atom. The van der Waals surface area contributed by atoms with E-state index in [0.29, 0.717) is 19.1 Å². The van der Waals surface area contributed by atoms with Crippen LogP contribution in [-0.2, 0) is 4.79 Å². The van der Waals surface area contributed by atoms with E-state index < -0.39 is 5.41 Å². The number of rotatable bonds is 3. The Morgan fingerprint density at radius 1 is 0.964 bits per heavy atom. The van der Waals surface area contributed by atoms with Crippen molar-refractivity contribution < 1.29 is 9.59 Å². The van der Waals surface area contributed by atoms with Crippen molar-refractivity contribution in [1.29, 1.82) is 0 Å². The smallest absolute Gasteiger partial charge is 0.253 e. The van der Waals surface area contributed by atoms with E-state index in [1.54, 1.807) is 0 Å². The van der Waals surface area contributed by atoms with Gasteiger partial charge in [-0.1, -0.05) is 17.2 Å². The van der Waals surface area contributed by atoms with E-state index in [9.17, 15) is 9.59 Å². The second-order valence-electron chi connectivity index (χ2n) is 9.44. The van der Waals surface area contributed by atoms with Crippen molar-refractivity contribution in [3.63, 3.8) is 0 Å². The Labute approximate surface area is 168 Å². The molecule has 1 aromatic rings. The second kappa shape index (κ2) is 7.18. The minimum absolute atomic E-state index is 0.0749. The Morgan fingerprint density at radius 3 is 2.21 bits per heavy atom. The molecule has 3 aliphatic rings. The van der Waals surface area contributed by atoms with Gasteiger partial charge in [0.15, 0.2) is 0 Å². The zero-order valence-corrected chi connectivity index (χ0v) is 17.7. The van der Waals surface area contributed by atoms with Gasteiger partial charge in [-0.25, -0.2) is 0 Å². The third kappa shape index (κ3) is 3.24. The maximum atomic E-state index is 13.6. The van der Waals surface area contributed by atoms with Crippen LogP contribution >= 0.6 is 0 Å². The maximum absolute atomic E-state index is 13.6. The highest BCUT2D eigenvalue weighted by atomic mass is 16.2. The summed E-state index contributed by atoms with van der Waals surface area (Å²) >= 11 is 0. The quantitative estimate of drug-likeness (QED) is 0.806. The summed E-state index contributed by atoms with van der Waals surface area (Å²) in [6.45, 7) is 13.1. The molecule has 0 radical (unpaired) electrons. The molecule has 0 spiro atoms. The number of benzene rings is 1. The highest BCUT2D eigenvalue weighted by molar-refractivity contribution is 5.96. The first-order valence-electron chi connectivity index (χ1n) is 10.7. The standard InChI is InChI=1S/C23H33N3O2/c1-16(2)25-12-20-13-26(21(27)19-10-17(3)9-18(4)11-19)15-23(20,14-25)22(28)24-7-5-6-8-24/h9-11,16,20H,5-8,12-15H2,1-4H3/t20-,23-/m0/s1. The summed E-state index contributed by atoms with van der Waals surface area (Å²) in [7, 11) is 0. The van der Waals surface area contributed by atoms with Crippen LogP contribution in [0.3, 0.4) is 0 Å². The van der Waals surface area contributed by atoms with Crippen LogP contribution in [0, 0.1) is 25.2 Å². The SMILES string of the molecule is Cc1cc(C)cc(C(=O)N2C[C@@H]3CN(C(C)C)C[C@]3(C(=O)N3CCCC3)C2)c1. The van der Waals surface area contributed by atoms with Crippen molar-refractivity contribution >= 4 is 11.8 Å². The van der Waals surface area contributed by atoms with Crippen LogP contribution in [0.25, 0.3) is 0 Å². The molecule has 0 aliphatic carbocycles. The summed E-state index contributed by atoms with van der Waals surface area (Å²) in [5.74, 6) is 0.595. The molecule has 2 atom stereocenters. The summed E-state index contributed by atoms with van der Waals surface area (Å²) in [5.41, 5.74) is 2.54. The topological polar surface area (TPSA) is 43.9 Å². The largest absolute Gasteiger partial charge is 0.342 e. The Hall–Kier alpha value is -1.88. The monoisotopic (exact) mass is 383 g/mol. The van der Waals surface area contributed by atoms with Crippen LogP contribution in [0.4, 0.5) is 0 Å². The fraction of sp³-hybridized carbons (Fsp3) is 0.652. The third-order valence-electron chi connectivity index (χ3n) is 6.94. The molecule has 0 N–H and O–H groups in total. The molecule has 152 valence electrons. The summed E-state index contributed by atoms with van der Waals surface area (Å²) in [4.78, 5) is 33.3. The van der Waals surface area contributed by atoms with E-state index in [4.69, 9.17) is 0 Å². The molecule has 0 unspecified atom stereocenters. The first-order valence-corrected chi connectivity index (χ1v) is 10.7. The lowest BCUT2D eigenvalue weighted by Gasteiger charge is -2.33. The number of nitrogens with zero attached hydrogens (tertiary/aromatic N) is 3. The van der Waals surface area contributed by atoms with Gasteiger partial charge in [-0.15, -0.1) is 0 Å². The van der Waals surface area contributed by atoms with Gasteiger partial charge in [-0.05, 0) is 52.7 Å². The molecule has 5 heteroatoms. The van der Waals surface area contributed by atoms with Gasteiger partial charge in [-0.3, -0.25) is 14.5 Å². The summed E-state index contributed by atoms with van der Waals surface area (Å²) in [5, 5.41) is 0. The molecule has 0 bridgehead atoms. The predicted octanol–water partition coefficient (Wildman–Crippen LogP) is 2.71. The molecule has 3 heterocycles. The summed E-state index contributed by atoms with van der Waals surface area (Å²) < 4.78 is 0. The van der Waals surface area contributed by atoms with Crippen LogP contribution < -0.4 is 0 Å². The van der Waals surface area contributed by atoms with Crippen LogP contribution in [0.5, 0.6) is 0 Å². The van der Waals surface area contributed by atoms with Crippen LogP contribution in [0.1, 0.15) is 48.2 Å². The van der Waals surface area contributed by atoms with Crippen molar-refractivity contribution in [2.24, 2.45) is 11.3 Å². The molecule has 2 amide bonds. The minimum Gasteiger partial charge on any atom is -0.342 e. The molecular weight excluding hydrogens is 350 g/mol. The van der Waals surface area contributed by atoms with E-state index >= 15 is 0 Å². The number of hydrogen-bond donors (Lipinski definition) is 0. The maximum Gasteiger partial charge on any atom is 0.253 e. The molecular formula is C23H33N3O2. The predicted molar refractivity (Wildman–Crippen MR) is 110 cm³/mol. The molecule has 0 aromatic heterocycles. The minimum atomic E-state index is -0.427. The Kier molecular flexibility index (Phi) is 4.98. The lowest BCUT2D eigenvalue weighted by molar-refractivity contribution is -0.141. The van der Waals surface area contributed by atoms with Crippen LogP contribution in [0.2, 0.25) is 0 Å². The number of aryl methyl sites for hydroxylation is 2. The third-order valence-corrected chi connectivity index (χ3v) is 6.94. The number of fused-ring (bicyclic) bond motifs is 1. The first kappa shape index (κ1) is 19.4. The van der Waals surface area contributed by atoms with Gasteiger partial charge < -0.3 is 9.80 Å². The van der Waals surface area contributed by atoms with Gasteiger partial charge in [0, 0.05) is 56.8 Å². The number of amides is 2. The fourth-order valence-corrected chi connectivity index (χ4v) is 5.47. The van der Waals surface area contributed by atoms with E-state index in [2.05, 4.69) is 29.7 Å². The molecule has 3 fully saturated rings. The fourth-order valence-electron chi connectivity index (χ4n) is 5.47. The van der Waals surface area contributed by atoms with Crippen LogP contribution in [-0.4, -0.2) is 71.8 Å². The highest BCUT2D eigenvalue weighted by Crippen LogP contribution is 2.45. The summed E-state index contributed by atoms with van der Waals surface area (Å²) in [6.07, 6.45) is 2.21. The normalized spacial score (nSPS) is 27.7. The number of hydrogen-bond acceptors (Lipinski definition) is 3. The molecule has 3 saturated heterocycles. The second-order valence-corrected chi connectivity index (χ2v) is 9.44. The molecule has 0 saturated carbocycles. The van der Waals surface area contributed by atoms with Gasteiger partial charge in [0.2, 0.25) is 5.91 Å². The van der Waals surface area contributed by atoms with Gasteiger partial charge in [0.1, 0.15) is 0 Å². The van der Waals surface area contributed by atoms with Gasteiger partial charge in [0.05, 0.1) is 5.41 Å². The van der Waals surface area contributed by atoms with Crippen molar-refractivity contribution in [3.8, 4) is 0 Å². The number of carbonyl (C=O) groups is 2. The average molecular weight is 384 g/mol. The van der Waals surface area contributed by atoms with E-state index in [0.717, 1.165) is 55.7 Å². The van der Waals surface area contributed by atoms with E-state index in [-0.39, 0.29) is 17.7 Å². The first-order chi connectivity index (χ1) is 13.3. The lowest BCUT2D eigenvalue weighted by atomic mass is 9.79. The van der Waals surface area contributed by atoms with E-state index in [1.165, 1.54) is 0 Å². The Bertz CT molecular complexity index is 764. The molecule has 3 aliphatic heterocycles. The molecule has 4 rings (SSSR count). The van der Waals surface area contributed by atoms with Gasteiger partial charge in [-0.2, -0.15) is 0 Å². The van der Waals surface area contributed by atoms with Crippen molar-refractivity contribution in [2.75, 3.05) is 39.3 Å². The van der Waals surface area contributed by atoms with Gasteiger partial charge >= 0.3 is 0 Å². The lowest BCUT2D eigenvalue weighted by Crippen LogP contribution is -2.49. The molecule has 5 nitrogen and oxygen atoms in total. The number of carbonyl (C=O) groups excluding carboxylic acids is 2. The highest BCUT2D eigenvalue weighted by Gasteiger charge is 2.59. The molecule has 1 aromatic carbocycles. The zero-order valence-electron chi connectivity index (χ0n) is 17.7. The van der Waals surface area contributed by atoms with Crippen LogP contribution in [0.15, 0.2) is 18.2 Å². The molecule has 28 heavy (non-hydrogen) atoms. The van der Waals surface area contributed by atoms with Crippen molar-refractivity contribution in [1.82, 2.24) is 14.7 Å². The van der Waals surface area contributed by atoms with Crippen molar-refractivity contribution in [2.45, 2.75) is 46.6 Å². The Balaban J connectivity index is 1.61. The average Bonchev–Trinajstić information content (AvgIpc) is 3.34. The van der Waals surface area contributed by atoms with E-state index in [1.807, 2.05) is 30.9 Å². The number of likely N-dealkylation sites (tertiary alicyclic amines) is 3.